The van der Waals surface area contributed by atoms with Gasteiger partial charge in [-0.05, 0) is 31.2 Å². The number of nitrogens with one attached hydrogen (secondary N) is 1. The van der Waals surface area contributed by atoms with E-state index in [0.29, 0.717) is 29.4 Å². The molecule has 2 heterocycles. The second kappa shape index (κ2) is 8.19. The molecule has 1 aliphatic rings. The predicted molar refractivity (Wildman–Crippen MR) is 106 cm³/mol. The zero-order valence-corrected chi connectivity index (χ0v) is 16.7. The first-order valence-electron chi connectivity index (χ1n) is 8.62. The lowest BCUT2D eigenvalue weighted by atomic mass is 10.2. The zero-order chi connectivity index (χ0) is 19.6. The quantitative estimate of drug-likeness (QED) is 0.839. The van der Waals surface area contributed by atoms with Crippen LogP contribution in [0.3, 0.4) is 0 Å². The maximum Gasteiger partial charge on any atom is 0.256 e. The smallest absolute Gasteiger partial charge is 0.256 e. The molecule has 1 aromatic heterocycles. The number of hydrogen-bond acceptors (Lipinski definition) is 4. The summed E-state index contributed by atoms with van der Waals surface area (Å²) in [4.78, 5) is 28.7. The Morgan fingerprint density at radius 3 is 2.30 bits per heavy atom. The number of hydrogen-bond donors (Lipinski definition) is 1. The van der Waals surface area contributed by atoms with Gasteiger partial charge in [0.25, 0.3) is 5.91 Å². The van der Waals surface area contributed by atoms with Crippen LogP contribution < -0.4 is 10.2 Å². The van der Waals surface area contributed by atoms with Crippen LogP contribution in [0, 0.1) is 6.92 Å². The van der Waals surface area contributed by atoms with Gasteiger partial charge in [0.2, 0.25) is 5.91 Å². The summed E-state index contributed by atoms with van der Waals surface area (Å²) in [7, 11) is 1.66. The second-order valence-electron chi connectivity index (χ2n) is 6.40. The van der Waals surface area contributed by atoms with E-state index < -0.39 is 5.91 Å². The largest absolute Gasteiger partial charge is 0.368 e. The van der Waals surface area contributed by atoms with Crippen molar-refractivity contribution in [3.63, 3.8) is 0 Å². The summed E-state index contributed by atoms with van der Waals surface area (Å²) in [6, 6.07) is 7.66. The van der Waals surface area contributed by atoms with E-state index in [4.69, 9.17) is 23.2 Å². The van der Waals surface area contributed by atoms with E-state index in [-0.39, 0.29) is 17.6 Å². The topological polar surface area (TPSA) is 70.5 Å². The van der Waals surface area contributed by atoms with E-state index in [1.54, 1.807) is 18.9 Å². The first kappa shape index (κ1) is 19.5. The molecular weight excluding hydrogens is 389 g/mol. The molecule has 1 saturated heterocycles. The Labute approximate surface area is 167 Å². The van der Waals surface area contributed by atoms with E-state index in [0.717, 1.165) is 18.8 Å². The Bertz CT molecular complexity index is 842. The Morgan fingerprint density at radius 1 is 1.11 bits per heavy atom. The average Bonchev–Trinajstić information content (AvgIpc) is 2.92. The zero-order valence-electron chi connectivity index (χ0n) is 15.2. The Kier molecular flexibility index (Phi) is 5.92. The van der Waals surface area contributed by atoms with E-state index in [1.165, 1.54) is 4.68 Å². The van der Waals surface area contributed by atoms with Gasteiger partial charge in [-0.2, -0.15) is 5.10 Å². The summed E-state index contributed by atoms with van der Waals surface area (Å²) in [5.41, 5.74) is 1.92. The predicted octanol–water partition coefficient (Wildman–Crippen LogP) is 2.11. The number of carbonyl (C=O) groups excluding carboxylic acids is 2. The number of nitrogens with zero attached hydrogens (tertiary/aromatic N) is 4. The van der Waals surface area contributed by atoms with Gasteiger partial charge < -0.3 is 15.1 Å². The van der Waals surface area contributed by atoms with Crippen molar-refractivity contribution in [3.8, 4) is 0 Å². The molecular formula is C18H21Cl2N5O2. The summed E-state index contributed by atoms with van der Waals surface area (Å²) in [5.74, 6) is -0.504. The van der Waals surface area contributed by atoms with Crippen LogP contribution in [-0.2, 0) is 11.8 Å². The Morgan fingerprint density at radius 2 is 1.74 bits per heavy atom. The van der Waals surface area contributed by atoms with Crippen molar-refractivity contribution in [2.45, 2.75) is 6.92 Å². The normalized spacial score (nSPS) is 14.4. The van der Waals surface area contributed by atoms with Crippen molar-refractivity contribution >= 4 is 40.7 Å². The van der Waals surface area contributed by atoms with Crippen LogP contribution in [0.1, 0.15) is 16.1 Å². The van der Waals surface area contributed by atoms with Crippen LogP contribution in [0.25, 0.3) is 0 Å². The minimum absolute atomic E-state index is 0.0650. The molecule has 2 aromatic rings. The highest BCUT2D eigenvalue weighted by Crippen LogP contribution is 2.20. The lowest BCUT2D eigenvalue weighted by molar-refractivity contribution is -0.130. The number of benzene rings is 1. The van der Waals surface area contributed by atoms with Gasteiger partial charge in [0, 0.05) is 43.9 Å². The molecule has 9 heteroatoms. The first-order valence-corrected chi connectivity index (χ1v) is 9.38. The third kappa shape index (κ3) is 4.36. The average molecular weight is 410 g/mol. The molecule has 7 nitrogen and oxygen atoms in total. The molecule has 0 aliphatic carbocycles. The lowest BCUT2D eigenvalue weighted by Crippen LogP contribution is -2.51. The van der Waals surface area contributed by atoms with Crippen LogP contribution in [-0.4, -0.2) is 59.2 Å². The molecule has 0 radical (unpaired) electrons. The minimum atomic E-state index is -0.390. The molecule has 1 aliphatic heterocycles. The van der Waals surface area contributed by atoms with E-state index in [2.05, 4.69) is 15.3 Å². The van der Waals surface area contributed by atoms with Gasteiger partial charge in [0.05, 0.1) is 17.8 Å². The van der Waals surface area contributed by atoms with E-state index in [9.17, 15) is 9.59 Å². The molecule has 0 bridgehead atoms. The number of aromatic nitrogens is 2. The third-order valence-corrected chi connectivity index (χ3v) is 5.29. The molecule has 3 rings (SSSR count). The van der Waals surface area contributed by atoms with Gasteiger partial charge in [0.1, 0.15) is 5.15 Å². The van der Waals surface area contributed by atoms with E-state index >= 15 is 0 Å². The standard InChI is InChI=1S/C18H21Cl2N5O2/c1-12-16(17(20)23(2)22-12)18(27)21-11-15(26)25-9-7-24(8-10-25)14-5-3-13(19)4-6-14/h3-6H,7-11H2,1-2H3,(H,21,27). The van der Waals surface area contributed by atoms with Crippen LogP contribution in [0.15, 0.2) is 24.3 Å². The minimum Gasteiger partial charge on any atom is -0.368 e. The molecule has 27 heavy (non-hydrogen) atoms. The van der Waals surface area contributed by atoms with Gasteiger partial charge in [-0.1, -0.05) is 23.2 Å². The molecule has 144 valence electrons. The van der Waals surface area contributed by atoms with Gasteiger partial charge >= 0.3 is 0 Å². The molecule has 2 amide bonds. The molecule has 1 fully saturated rings. The maximum atomic E-state index is 12.4. The summed E-state index contributed by atoms with van der Waals surface area (Å²) < 4.78 is 1.43. The number of anilines is 1. The maximum absolute atomic E-state index is 12.4. The molecule has 1 aromatic carbocycles. The van der Waals surface area contributed by atoms with Crippen molar-refractivity contribution in [2.24, 2.45) is 7.05 Å². The van der Waals surface area contributed by atoms with E-state index in [1.807, 2.05) is 24.3 Å². The fourth-order valence-electron chi connectivity index (χ4n) is 3.11. The SMILES string of the molecule is Cc1nn(C)c(Cl)c1C(=O)NCC(=O)N1CCN(c2ccc(Cl)cc2)CC1. The summed E-state index contributed by atoms with van der Waals surface area (Å²) in [6.07, 6.45) is 0. The third-order valence-electron chi connectivity index (χ3n) is 4.60. The number of rotatable bonds is 4. The summed E-state index contributed by atoms with van der Waals surface area (Å²) in [5, 5.41) is 7.71. The molecule has 1 N–H and O–H groups in total. The molecule has 0 spiro atoms. The Hall–Kier alpha value is -2.25. The second-order valence-corrected chi connectivity index (χ2v) is 7.20. The van der Waals surface area contributed by atoms with Gasteiger partial charge in [-0.15, -0.1) is 0 Å². The number of aryl methyl sites for hydroxylation is 2. The van der Waals surface area contributed by atoms with Gasteiger partial charge in [-0.3, -0.25) is 14.3 Å². The first-order chi connectivity index (χ1) is 12.9. The van der Waals surface area contributed by atoms with Crippen LogP contribution in [0.5, 0.6) is 0 Å². The lowest BCUT2D eigenvalue weighted by Gasteiger charge is -2.36. The van der Waals surface area contributed by atoms with Gasteiger partial charge in [0.15, 0.2) is 0 Å². The molecule has 0 unspecified atom stereocenters. The highest BCUT2D eigenvalue weighted by Gasteiger charge is 2.23. The number of amides is 2. The Balaban J connectivity index is 1.51. The monoisotopic (exact) mass is 409 g/mol. The van der Waals surface area contributed by atoms with Crippen LogP contribution in [0.2, 0.25) is 10.2 Å². The van der Waals surface area contributed by atoms with Crippen molar-refractivity contribution in [1.82, 2.24) is 20.0 Å². The van der Waals surface area contributed by atoms with Crippen molar-refractivity contribution in [1.29, 1.82) is 0 Å². The van der Waals surface area contributed by atoms with Crippen molar-refractivity contribution in [3.05, 3.63) is 45.7 Å². The fourth-order valence-corrected chi connectivity index (χ4v) is 3.50. The number of halogens is 2. The molecule has 0 saturated carbocycles. The van der Waals surface area contributed by atoms with Gasteiger partial charge in [-0.25, -0.2) is 0 Å². The number of piperazine rings is 1. The number of carbonyl (C=O) groups is 2. The fraction of sp³-hybridized carbons (Fsp3) is 0.389. The highest BCUT2D eigenvalue weighted by molar-refractivity contribution is 6.33. The summed E-state index contributed by atoms with van der Waals surface area (Å²) >= 11 is 12.0. The van der Waals surface area contributed by atoms with Crippen LogP contribution in [0.4, 0.5) is 5.69 Å². The van der Waals surface area contributed by atoms with Crippen molar-refractivity contribution in [2.75, 3.05) is 37.6 Å². The van der Waals surface area contributed by atoms with Crippen molar-refractivity contribution < 1.29 is 9.59 Å². The van der Waals surface area contributed by atoms with Crippen LogP contribution >= 0.6 is 23.2 Å². The molecule has 0 atom stereocenters. The summed E-state index contributed by atoms with van der Waals surface area (Å²) in [6.45, 7) is 4.31. The highest BCUT2D eigenvalue weighted by atomic mass is 35.5.